The summed E-state index contributed by atoms with van der Waals surface area (Å²) in [7, 11) is 3.26. The van der Waals surface area contributed by atoms with E-state index in [2.05, 4.69) is 11.8 Å². The van der Waals surface area contributed by atoms with E-state index in [9.17, 15) is 9.90 Å². The average Bonchev–Trinajstić information content (AvgIpc) is 2.56. The number of nitrogens with zero attached hydrogens (tertiary/aromatic N) is 1. The lowest BCUT2D eigenvalue weighted by molar-refractivity contribution is -0.144. The summed E-state index contributed by atoms with van der Waals surface area (Å²) in [6, 6.07) is 4.37. The molecule has 0 spiro atoms. The lowest BCUT2D eigenvalue weighted by atomic mass is 9.93. The zero-order valence-corrected chi connectivity index (χ0v) is 15.0. The third kappa shape index (κ3) is 4.12. The van der Waals surface area contributed by atoms with Crippen LogP contribution in [0.15, 0.2) is 17.0 Å². The predicted molar refractivity (Wildman–Crippen MR) is 91.6 cm³/mol. The zero-order valence-electron chi connectivity index (χ0n) is 14.2. The van der Waals surface area contributed by atoms with E-state index >= 15 is 0 Å². The second kappa shape index (κ2) is 7.93. The fourth-order valence-corrected chi connectivity index (χ4v) is 3.65. The number of rotatable bonds is 6. The Hall–Kier alpha value is -1.40. The molecule has 0 aliphatic carbocycles. The van der Waals surface area contributed by atoms with Crippen LogP contribution in [0.4, 0.5) is 0 Å². The van der Waals surface area contributed by atoms with Crippen LogP contribution in [-0.4, -0.2) is 49.0 Å². The van der Waals surface area contributed by atoms with Crippen molar-refractivity contribution in [3.05, 3.63) is 17.7 Å². The van der Waals surface area contributed by atoms with Crippen molar-refractivity contribution in [2.45, 2.75) is 37.2 Å². The van der Waals surface area contributed by atoms with E-state index < -0.39 is 5.97 Å². The van der Waals surface area contributed by atoms with Gasteiger partial charge in [-0.15, -0.1) is 11.8 Å². The van der Waals surface area contributed by atoms with Gasteiger partial charge in [-0.25, -0.2) is 0 Å². The first-order valence-electron chi connectivity index (χ1n) is 7.75. The SMILES string of the molecule is COc1cc(CN2CC(C(=O)O)CCC2C)c(SC)cc1OC. The highest BCUT2D eigenvalue weighted by atomic mass is 32.2. The van der Waals surface area contributed by atoms with Crippen LogP contribution in [0.3, 0.4) is 0 Å². The first kappa shape index (κ1) is 17.9. The molecule has 1 aromatic carbocycles. The van der Waals surface area contributed by atoms with E-state index in [1.165, 1.54) is 0 Å². The first-order chi connectivity index (χ1) is 11.0. The molecule has 128 valence electrons. The molecule has 0 saturated carbocycles. The maximum absolute atomic E-state index is 11.3. The molecule has 1 N–H and O–H groups in total. The molecule has 2 atom stereocenters. The van der Waals surface area contributed by atoms with Gasteiger partial charge >= 0.3 is 5.97 Å². The number of piperidine rings is 1. The van der Waals surface area contributed by atoms with Gasteiger partial charge in [-0.2, -0.15) is 0 Å². The Bertz CT molecular complexity index is 564. The van der Waals surface area contributed by atoms with E-state index in [4.69, 9.17) is 9.47 Å². The maximum atomic E-state index is 11.3. The van der Waals surface area contributed by atoms with Gasteiger partial charge in [0.25, 0.3) is 0 Å². The number of carboxylic acids is 1. The third-order valence-corrected chi connectivity index (χ3v) is 5.34. The Labute approximate surface area is 142 Å². The normalized spacial score (nSPS) is 21.9. The molecule has 1 fully saturated rings. The summed E-state index contributed by atoms with van der Waals surface area (Å²) in [6.45, 7) is 3.48. The number of aliphatic carboxylic acids is 1. The molecule has 1 heterocycles. The Morgan fingerprint density at radius 1 is 1.30 bits per heavy atom. The van der Waals surface area contributed by atoms with Gasteiger partial charge in [0.2, 0.25) is 0 Å². The van der Waals surface area contributed by atoms with Crippen LogP contribution in [0.1, 0.15) is 25.3 Å². The summed E-state index contributed by atoms with van der Waals surface area (Å²) in [4.78, 5) is 14.7. The Morgan fingerprint density at radius 3 is 2.52 bits per heavy atom. The Kier molecular flexibility index (Phi) is 6.18. The number of hydrogen-bond acceptors (Lipinski definition) is 5. The van der Waals surface area contributed by atoms with Crippen LogP contribution in [0.2, 0.25) is 0 Å². The van der Waals surface area contributed by atoms with Crippen molar-refractivity contribution in [2.24, 2.45) is 5.92 Å². The number of methoxy groups -OCH3 is 2. The van der Waals surface area contributed by atoms with Crippen LogP contribution in [0, 0.1) is 5.92 Å². The molecule has 1 aromatic rings. The Morgan fingerprint density at radius 2 is 1.96 bits per heavy atom. The zero-order chi connectivity index (χ0) is 17.0. The van der Waals surface area contributed by atoms with Crippen molar-refractivity contribution >= 4 is 17.7 Å². The number of carbonyl (C=O) groups is 1. The number of hydrogen-bond donors (Lipinski definition) is 1. The van der Waals surface area contributed by atoms with Crippen molar-refractivity contribution in [3.63, 3.8) is 0 Å². The fraction of sp³-hybridized carbons (Fsp3) is 0.588. The van der Waals surface area contributed by atoms with Crippen molar-refractivity contribution in [3.8, 4) is 11.5 Å². The molecule has 0 amide bonds. The molecule has 0 bridgehead atoms. The average molecular weight is 339 g/mol. The molecule has 6 heteroatoms. The lowest BCUT2D eigenvalue weighted by Gasteiger charge is -2.36. The van der Waals surface area contributed by atoms with E-state index in [1.807, 2.05) is 18.4 Å². The highest BCUT2D eigenvalue weighted by molar-refractivity contribution is 7.98. The summed E-state index contributed by atoms with van der Waals surface area (Å²) in [5.41, 5.74) is 1.15. The molecule has 23 heavy (non-hydrogen) atoms. The molecule has 1 aliphatic rings. The van der Waals surface area contributed by atoms with Crippen molar-refractivity contribution in [1.82, 2.24) is 4.90 Å². The number of ether oxygens (including phenoxy) is 2. The minimum Gasteiger partial charge on any atom is -0.493 e. The molecule has 2 rings (SSSR count). The van der Waals surface area contributed by atoms with Crippen LogP contribution >= 0.6 is 11.8 Å². The van der Waals surface area contributed by atoms with Gasteiger partial charge in [0.1, 0.15) is 0 Å². The van der Waals surface area contributed by atoms with Crippen molar-refractivity contribution in [2.75, 3.05) is 27.0 Å². The van der Waals surface area contributed by atoms with Gasteiger partial charge in [-0.05, 0) is 43.7 Å². The summed E-state index contributed by atoms with van der Waals surface area (Å²) < 4.78 is 10.8. The van der Waals surface area contributed by atoms with Crippen LogP contribution in [0.25, 0.3) is 0 Å². The smallest absolute Gasteiger partial charge is 0.307 e. The minimum atomic E-state index is -0.695. The highest BCUT2D eigenvalue weighted by Gasteiger charge is 2.30. The van der Waals surface area contributed by atoms with E-state index in [-0.39, 0.29) is 5.92 Å². The molecule has 2 unspecified atom stereocenters. The van der Waals surface area contributed by atoms with Gasteiger partial charge in [0, 0.05) is 24.0 Å². The second-order valence-electron chi connectivity index (χ2n) is 5.91. The molecular weight excluding hydrogens is 314 g/mol. The number of benzene rings is 1. The molecular formula is C17H25NO4S. The van der Waals surface area contributed by atoms with Gasteiger partial charge in [0.15, 0.2) is 11.5 Å². The molecule has 1 aliphatic heterocycles. The van der Waals surface area contributed by atoms with Gasteiger partial charge in [-0.3, -0.25) is 9.69 Å². The second-order valence-corrected chi connectivity index (χ2v) is 6.76. The largest absolute Gasteiger partial charge is 0.493 e. The summed E-state index contributed by atoms with van der Waals surface area (Å²) in [5.74, 6) is 0.457. The highest BCUT2D eigenvalue weighted by Crippen LogP contribution is 2.36. The van der Waals surface area contributed by atoms with Crippen LogP contribution in [0.5, 0.6) is 11.5 Å². The Balaban J connectivity index is 2.25. The van der Waals surface area contributed by atoms with Gasteiger partial charge in [0.05, 0.1) is 20.1 Å². The predicted octanol–water partition coefficient (Wildman–Crippen LogP) is 3.11. The van der Waals surface area contributed by atoms with Gasteiger partial charge < -0.3 is 14.6 Å². The summed E-state index contributed by atoms with van der Waals surface area (Å²) in [5, 5.41) is 9.29. The van der Waals surface area contributed by atoms with Crippen LogP contribution in [-0.2, 0) is 11.3 Å². The summed E-state index contributed by atoms with van der Waals surface area (Å²) in [6.07, 6.45) is 3.71. The quantitative estimate of drug-likeness (QED) is 0.804. The fourth-order valence-electron chi connectivity index (χ4n) is 3.04. The molecule has 0 aromatic heterocycles. The van der Waals surface area contributed by atoms with E-state index in [1.54, 1.807) is 26.0 Å². The van der Waals surface area contributed by atoms with Crippen molar-refractivity contribution < 1.29 is 19.4 Å². The number of thioether (sulfide) groups is 1. The molecule has 1 saturated heterocycles. The lowest BCUT2D eigenvalue weighted by Crippen LogP contribution is -2.43. The number of carboxylic acid groups (broad SMARTS) is 1. The van der Waals surface area contributed by atoms with Gasteiger partial charge in [-0.1, -0.05) is 0 Å². The van der Waals surface area contributed by atoms with E-state index in [0.29, 0.717) is 18.3 Å². The third-order valence-electron chi connectivity index (χ3n) is 4.52. The van der Waals surface area contributed by atoms with Crippen LogP contribution < -0.4 is 9.47 Å². The van der Waals surface area contributed by atoms with E-state index in [0.717, 1.165) is 35.6 Å². The monoisotopic (exact) mass is 339 g/mol. The first-order valence-corrected chi connectivity index (χ1v) is 8.98. The molecule has 5 nitrogen and oxygen atoms in total. The topological polar surface area (TPSA) is 59.0 Å². The summed E-state index contributed by atoms with van der Waals surface area (Å²) >= 11 is 1.66. The minimum absolute atomic E-state index is 0.274. The standard InChI is InChI=1S/C17H25NO4S/c1-11-5-6-12(17(19)20)9-18(11)10-13-7-14(21-2)15(22-3)8-16(13)23-4/h7-8,11-12H,5-6,9-10H2,1-4H3,(H,19,20). The van der Waals surface area contributed by atoms with Crippen molar-refractivity contribution in [1.29, 1.82) is 0 Å². The number of likely N-dealkylation sites (tertiary alicyclic amines) is 1. The molecule has 0 radical (unpaired) electrons. The maximum Gasteiger partial charge on any atom is 0.307 e.